The summed E-state index contributed by atoms with van der Waals surface area (Å²) in [5.74, 6) is -0.330. The van der Waals surface area contributed by atoms with Crippen molar-refractivity contribution in [3.05, 3.63) is 63.9 Å². The molecule has 0 heterocycles. The summed E-state index contributed by atoms with van der Waals surface area (Å²) in [5, 5.41) is 3.05. The Morgan fingerprint density at radius 3 is 2.29 bits per heavy atom. The first kappa shape index (κ1) is 16.1. The van der Waals surface area contributed by atoms with Crippen LogP contribution in [0.3, 0.4) is 0 Å². The molecule has 21 heavy (non-hydrogen) atoms. The molecule has 0 saturated carbocycles. The summed E-state index contributed by atoms with van der Waals surface area (Å²) in [4.78, 5) is 0.246. The van der Waals surface area contributed by atoms with Crippen molar-refractivity contribution < 1.29 is 12.8 Å². The van der Waals surface area contributed by atoms with Crippen molar-refractivity contribution in [3.63, 3.8) is 0 Å². The molecule has 1 unspecified atom stereocenters. The summed E-state index contributed by atoms with van der Waals surface area (Å²) < 4.78 is 37.5. The van der Waals surface area contributed by atoms with Crippen LogP contribution < -0.4 is 5.32 Å². The van der Waals surface area contributed by atoms with E-state index in [4.69, 9.17) is 0 Å². The van der Waals surface area contributed by atoms with Gasteiger partial charge in [-0.15, -0.1) is 0 Å². The molecule has 2 rings (SSSR count). The highest BCUT2D eigenvalue weighted by atomic mass is 79.9. The van der Waals surface area contributed by atoms with Crippen molar-refractivity contribution in [2.75, 3.05) is 13.3 Å². The van der Waals surface area contributed by atoms with Gasteiger partial charge in [0, 0.05) is 11.8 Å². The van der Waals surface area contributed by atoms with Gasteiger partial charge in [-0.05, 0) is 46.7 Å². The number of sulfone groups is 1. The minimum absolute atomic E-state index is 0.246. The van der Waals surface area contributed by atoms with Crippen molar-refractivity contribution >= 4 is 25.8 Å². The van der Waals surface area contributed by atoms with Gasteiger partial charge < -0.3 is 5.32 Å². The number of halogens is 2. The van der Waals surface area contributed by atoms with E-state index in [0.717, 1.165) is 11.8 Å². The van der Waals surface area contributed by atoms with Gasteiger partial charge in [-0.1, -0.05) is 24.3 Å². The Hall–Kier alpha value is -1.24. The molecule has 1 atom stereocenters. The highest BCUT2D eigenvalue weighted by Gasteiger charge is 2.18. The summed E-state index contributed by atoms with van der Waals surface area (Å²) in [6, 6.07) is 11.2. The van der Waals surface area contributed by atoms with E-state index in [9.17, 15) is 12.8 Å². The molecule has 0 aromatic heterocycles. The van der Waals surface area contributed by atoms with Crippen molar-refractivity contribution in [3.8, 4) is 0 Å². The van der Waals surface area contributed by atoms with Gasteiger partial charge >= 0.3 is 0 Å². The Balaban J connectivity index is 2.45. The van der Waals surface area contributed by atoms with Crippen LogP contribution in [0.1, 0.15) is 17.2 Å². The molecule has 1 N–H and O–H groups in total. The van der Waals surface area contributed by atoms with Gasteiger partial charge in [0.2, 0.25) is 0 Å². The van der Waals surface area contributed by atoms with Crippen LogP contribution in [0.5, 0.6) is 0 Å². The van der Waals surface area contributed by atoms with Crippen molar-refractivity contribution in [2.45, 2.75) is 10.9 Å². The Labute approximate surface area is 132 Å². The Bertz CT molecular complexity index is 745. The van der Waals surface area contributed by atoms with Crippen LogP contribution in [0.2, 0.25) is 0 Å². The van der Waals surface area contributed by atoms with Crippen LogP contribution in [-0.2, 0) is 9.84 Å². The van der Waals surface area contributed by atoms with Crippen LogP contribution in [0.25, 0.3) is 0 Å². The Morgan fingerprint density at radius 2 is 1.76 bits per heavy atom. The van der Waals surface area contributed by atoms with Gasteiger partial charge in [-0.2, -0.15) is 0 Å². The van der Waals surface area contributed by atoms with Gasteiger partial charge in [-0.25, -0.2) is 12.8 Å². The first-order valence-corrected chi connectivity index (χ1v) is 8.94. The summed E-state index contributed by atoms with van der Waals surface area (Å²) in [6.07, 6.45) is 1.16. The number of hydrogen-bond acceptors (Lipinski definition) is 3. The average molecular weight is 372 g/mol. The lowest BCUT2D eigenvalue weighted by Crippen LogP contribution is -2.19. The van der Waals surface area contributed by atoms with Gasteiger partial charge in [-0.3, -0.25) is 0 Å². The van der Waals surface area contributed by atoms with Crippen LogP contribution in [0.15, 0.2) is 51.8 Å². The van der Waals surface area contributed by atoms with Gasteiger partial charge in [0.15, 0.2) is 9.84 Å². The molecule has 112 valence electrons. The number of nitrogens with one attached hydrogen (secondary N) is 1. The molecule has 0 saturated heterocycles. The second-order valence-electron chi connectivity index (χ2n) is 4.71. The molecule has 2 aromatic rings. The smallest absolute Gasteiger partial charge is 0.175 e. The first-order chi connectivity index (χ1) is 9.84. The zero-order valence-electron chi connectivity index (χ0n) is 11.6. The van der Waals surface area contributed by atoms with Crippen LogP contribution in [-0.4, -0.2) is 21.7 Å². The highest BCUT2D eigenvalue weighted by molar-refractivity contribution is 9.10. The molecule has 0 fully saturated rings. The van der Waals surface area contributed by atoms with E-state index in [-0.39, 0.29) is 16.8 Å². The maximum absolute atomic E-state index is 14.2. The van der Waals surface area contributed by atoms with E-state index in [1.165, 1.54) is 12.1 Å². The van der Waals surface area contributed by atoms with Crippen LogP contribution >= 0.6 is 15.9 Å². The first-order valence-electron chi connectivity index (χ1n) is 6.26. The largest absolute Gasteiger partial charge is 0.309 e. The SMILES string of the molecule is CNC(c1ccc(S(C)(=O)=O)cc1)c1cccc(Br)c1F. The molecule has 0 radical (unpaired) electrons. The van der Waals surface area contributed by atoms with E-state index >= 15 is 0 Å². The molecule has 0 aliphatic rings. The molecular weight excluding hydrogens is 357 g/mol. The second kappa shape index (κ2) is 6.25. The predicted molar refractivity (Wildman–Crippen MR) is 84.6 cm³/mol. The summed E-state index contributed by atoms with van der Waals surface area (Å²) in [7, 11) is -1.50. The normalized spacial score (nSPS) is 13.1. The monoisotopic (exact) mass is 371 g/mol. The van der Waals surface area contributed by atoms with Crippen molar-refractivity contribution in [1.82, 2.24) is 5.32 Å². The molecule has 6 heteroatoms. The standard InChI is InChI=1S/C15H15BrFNO2S/c1-18-15(12-4-3-5-13(16)14(12)17)10-6-8-11(9-7-10)21(2,19)20/h3-9,15,18H,1-2H3. The lowest BCUT2D eigenvalue weighted by molar-refractivity contribution is 0.570. The molecule has 0 aliphatic heterocycles. The topological polar surface area (TPSA) is 46.2 Å². The minimum atomic E-state index is -3.23. The van der Waals surface area contributed by atoms with Crippen LogP contribution in [0.4, 0.5) is 4.39 Å². The van der Waals surface area contributed by atoms with Gasteiger partial charge in [0.25, 0.3) is 0 Å². The lowest BCUT2D eigenvalue weighted by Gasteiger charge is -2.18. The zero-order valence-corrected chi connectivity index (χ0v) is 14.0. The fourth-order valence-corrected chi connectivity index (χ4v) is 3.16. The summed E-state index contributed by atoms with van der Waals surface area (Å²) in [6.45, 7) is 0. The van der Waals surface area contributed by atoms with Crippen molar-refractivity contribution in [2.24, 2.45) is 0 Å². The Kier molecular flexibility index (Phi) is 4.81. The fourth-order valence-electron chi connectivity index (χ4n) is 2.15. The molecule has 3 nitrogen and oxygen atoms in total. The third-order valence-electron chi connectivity index (χ3n) is 3.22. The summed E-state index contributed by atoms with van der Waals surface area (Å²) >= 11 is 3.17. The number of hydrogen-bond donors (Lipinski definition) is 1. The molecule has 0 bridgehead atoms. The lowest BCUT2D eigenvalue weighted by atomic mass is 9.98. The third-order valence-corrected chi connectivity index (χ3v) is 4.96. The zero-order chi connectivity index (χ0) is 15.6. The van der Waals surface area contributed by atoms with Crippen molar-refractivity contribution in [1.29, 1.82) is 0 Å². The maximum Gasteiger partial charge on any atom is 0.175 e. The third kappa shape index (κ3) is 3.51. The quantitative estimate of drug-likeness (QED) is 0.896. The Morgan fingerprint density at radius 1 is 1.14 bits per heavy atom. The molecular formula is C15H15BrFNO2S. The fraction of sp³-hybridized carbons (Fsp3) is 0.200. The number of rotatable bonds is 4. The molecule has 0 aliphatic carbocycles. The second-order valence-corrected chi connectivity index (χ2v) is 7.58. The highest BCUT2D eigenvalue weighted by Crippen LogP contribution is 2.28. The minimum Gasteiger partial charge on any atom is -0.309 e. The van der Waals surface area contributed by atoms with E-state index < -0.39 is 9.84 Å². The van der Waals surface area contributed by atoms with Gasteiger partial charge in [0.1, 0.15) is 5.82 Å². The molecule has 2 aromatic carbocycles. The molecule has 0 amide bonds. The van der Waals surface area contributed by atoms with Crippen LogP contribution in [0, 0.1) is 5.82 Å². The average Bonchev–Trinajstić information content (AvgIpc) is 2.44. The summed E-state index contributed by atoms with van der Waals surface area (Å²) in [5.41, 5.74) is 1.29. The molecule has 0 spiro atoms. The van der Waals surface area contributed by atoms with Gasteiger partial charge in [0.05, 0.1) is 15.4 Å². The van der Waals surface area contributed by atoms with E-state index in [2.05, 4.69) is 21.2 Å². The number of benzene rings is 2. The van der Waals surface area contributed by atoms with E-state index in [1.54, 1.807) is 37.4 Å². The maximum atomic E-state index is 14.2. The van der Waals surface area contributed by atoms with E-state index in [0.29, 0.717) is 10.0 Å². The predicted octanol–water partition coefficient (Wildman–Crippen LogP) is 3.30. The van der Waals surface area contributed by atoms with E-state index in [1.807, 2.05) is 0 Å².